The van der Waals surface area contributed by atoms with Gasteiger partial charge in [-0.1, -0.05) is 11.6 Å². The zero-order valence-electron chi connectivity index (χ0n) is 9.88. The van der Waals surface area contributed by atoms with Crippen molar-refractivity contribution in [3.63, 3.8) is 0 Å². The molecule has 1 aromatic carbocycles. The van der Waals surface area contributed by atoms with E-state index in [-0.39, 0.29) is 16.4 Å². The van der Waals surface area contributed by atoms with E-state index in [1.807, 2.05) is 0 Å². The molecule has 1 aliphatic heterocycles. The molecular formula is C11H12ClN3O4. The third kappa shape index (κ3) is 2.41. The molecule has 0 amide bonds. The first-order valence-electron chi connectivity index (χ1n) is 5.64. The Kier molecular flexibility index (Phi) is 3.48. The molecule has 0 bridgehead atoms. The van der Waals surface area contributed by atoms with E-state index < -0.39 is 16.9 Å². The van der Waals surface area contributed by atoms with E-state index in [1.165, 1.54) is 6.07 Å². The van der Waals surface area contributed by atoms with Crippen LogP contribution in [0.25, 0.3) is 0 Å². The minimum absolute atomic E-state index is 0.0274. The number of nitro groups is 1. The van der Waals surface area contributed by atoms with Gasteiger partial charge in [-0.05, 0) is 18.9 Å². The van der Waals surface area contributed by atoms with E-state index in [0.717, 1.165) is 12.5 Å². The van der Waals surface area contributed by atoms with Crippen molar-refractivity contribution in [1.82, 2.24) is 0 Å². The van der Waals surface area contributed by atoms with Crippen LogP contribution >= 0.6 is 11.6 Å². The van der Waals surface area contributed by atoms with E-state index in [2.05, 4.69) is 0 Å². The summed E-state index contributed by atoms with van der Waals surface area (Å²) < 4.78 is 0. The van der Waals surface area contributed by atoms with Gasteiger partial charge in [0.05, 0.1) is 15.6 Å². The molecule has 1 aliphatic rings. The standard InChI is InChI=1S/C11H12ClN3O4/c12-6-4-10(15(18)19)7(13)5-9(6)14-3-1-2-8(14)11(16)17/h4-5,8H,1-3,13H2,(H,16,17)/t8-/m0/s1. The van der Waals surface area contributed by atoms with Gasteiger partial charge in [0.25, 0.3) is 5.69 Å². The molecular weight excluding hydrogens is 274 g/mol. The van der Waals surface area contributed by atoms with Gasteiger partial charge in [0.15, 0.2) is 0 Å². The molecule has 1 fully saturated rings. The Morgan fingerprint density at radius 3 is 2.84 bits per heavy atom. The molecule has 102 valence electrons. The highest BCUT2D eigenvalue weighted by molar-refractivity contribution is 6.33. The summed E-state index contributed by atoms with van der Waals surface area (Å²) in [6.07, 6.45) is 1.24. The van der Waals surface area contributed by atoms with E-state index >= 15 is 0 Å². The molecule has 1 heterocycles. The Morgan fingerprint density at radius 1 is 1.58 bits per heavy atom. The summed E-state index contributed by atoms with van der Waals surface area (Å²) in [4.78, 5) is 22.9. The van der Waals surface area contributed by atoms with Crippen LogP contribution in [0.3, 0.4) is 0 Å². The molecule has 0 aromatic heterocycles. The maximum Gasteiger partial charge on any atom is 0.326 e. The van der Waals surface area contributed by atoms with E-state index in [9.17, 15) is 14.9 Å². The number of nitrogens with zero attached hydrogens (tertiary/aromatic N) is 2. The fourth-order valence-corrected chi connectivity index (χ4v) is 2.52. The summed E-state index contributed by atoms with van der Waals surface area (Å²) in [6, 6.07) is 1.85. The molecule has 0 radical (unpaired) electrons. The quantitative estimate of drug-likeness (QED) is 0.498. The van der Waals surface area contributed by atoms with Gasteiger partial charge in [0, 0.05) is 12.6 Å². The molecule has 0 saturated carbocycles. The topological polar surface area (TPSA) is 110 Å². The lowest BCUT2D eigenvalue weighted by atomic mass is 10.2. The first kappa shape index (κ1) is 13.4. The maximum absolute atomic E-state index is 11.1. The van der Waals surface area contributed by atoms with Crippen LogP contribution in [0.2, 0.25) is 5.02 Å². The number of hydrogen-bond acceptors (Lipinski definition) is 5. The lowest BCUT2D eigenvalue weighted by Crippen LogP contribution is -2.36. The van der Waals surface area contributed by atoms with E-state index in [0.29, 0.717) is 18.7 Å². The number of anilines is 2. The molecule has 0 unspecified atom stereocenters. The Morgan fingerprint density at radius 2 is 2.26 bits per heavy atom. The number of halogens is 1. The van der Waals surface area contributed by atoms with Crippen LogP contribution in [-0.2, 0) is 4.79 Å². The fraction of sp³-hybridized carbons (Fsp3) is 0.364. The highest BCUT2D eigenvalue weighted by Gasteiger charge is 2.32. The van der Waals surface area contributed by atoms with Gasteiger partial charge in [-0.3, -0.25) is 10.1 Å². The molecule has 1 aromatic rings. The highest BCUT2D eigenvalue weighted by atomic mass is 35.5. The van der Waals surface area contributed by atoms with Crippen molar-refractivity contribution < 1.29 is 14.8 Å². The molecule has 2 rings (SSSR count). The Bertz CT molecular complexity index is 549. The number of rotatable bonds is 3. The molecule has 0 spiro atoms. The number of nitrogens with two attached hydrogens (primary N) is 1. The van der Waals surface area contributed by atoms with Gasteiger partial charge in [0.1, 0.15) is 11.7 Å². The van der Waals surface area contributed by atoms with Gasteiger partial charge < -0.3 is 15.7 Å². The average molecular weight is 286 g/mol. The molecule has 8 heteroatoms. The molecule has 3 N–H and O–H groups in total. The summed E-state index contributed by atoms with van der Waals surface area (Å²) in [6.45, 7) is 0.536. The van der Waals surface area contributed by atoms with E-state index in [1.54, 1.807) is 4.90 Å². The third-order valence-electron chi connectivity index (χ3n) is 3.14. The van der Waals surface area contributed by atoms with Gasteiger partial charge >= 0.3 is 5.97 Å². The second-order valence-electron chi connectivity index (χ2n) is 4.31. The zero-order valence-corrected chi connectivity index (χ0v) is 10.6. The lowest BCUT2D eigenvalue weighted by Gasteiger charge is -2.24. The second kappa shape index (κ2) is 4.93. The predicted octanol–water partition coefficient (Wildman–Crippen LogP) is 1.88. The summed E-state index contributed by atoms with van der Waals surface area (Å²) in [7, 11) is 0. The van der Waals surface area contributed by atoms with E-state index in [4.69, 9.17) is 22.4 Å². The molecule has 19 heavy (non-hydrogen) atoms. The van der Waals surface area contributed by atoms with Crippen LogP contribution in [-0.4, -0.2) is 28.6 Å². The Labute approximate surface area is 113 Å². The number of benzene rings is 1. The zero-order chi connectivity index (χ0) is 14.2. The smallest absolute Gasteiger partial charge is 0.326 e. The Balaban J connectivity index is 2.43. The van der Waals surface area contributed by atoms with Crippen LogP contribution in [0, 0.1) is 10.1 Å². The number of carbonyl (C=O) groups is 1. The minimum Gasteiger partial charge on any atom is -0.480 e. The van der Waals surface area contributed by atoms with Gasteiger partial charge in [-0.25, -0.2) is 4.79 Å². The number of carboxylic acid groups (broad SMARTS) is 1. The fourth-order valence-electron chi connectivity index (χ4n) is 2.26. The van der Waals surface area contributed by atoms with Crippen molar-refractivity contribution in [1.29, 1.82) is 0 Å². The summed E-state index contributed by atoms with van der Waals surface area (Å²) in [5, 5.41) is 20.0. The van der Waals surface area contributed by atoms with Crippen LogP contribution in [0.1, 0.15) is 12.8 Å². The van der Waals surface area contributed by atoms with Crippen molar-refractivity contribution in [2.45, 2.75) is 18.9 Å². The van der Waals surface area contributed by atoms with Crippen molar-refractivity contribution >= 4 is 34.6 Å². The lowest BCUT2D eigenvalue weighted by molar-refractivity contribution is -0.383. The van der Waals surface area contributed by atoms with Crippen LogP contribution in [0.5, 0.6) is 0 Å². The van der Waals surface area contributed by atoms with Crippen LogP contribution in [0.15, 0.2) is 12.1 Å². The van der Waals surface area contributed by atoms with Crippen LogP contribution < -0.4 is 10.6 Å². The third-order valence-corrected chi connectivity index (χ3v) is 3.44. The van der Waals surface area contributed by atoms with Gasteiger partial charge in [-0.2, -0.15) is 0 Å². The SMILES string of the molecule is Nc1cc(N2CCC[C@H]2C(=O)O)c(Cl)cc1[N+](=O)[O-]. The monoisotopic (exact) mass is 285 g/mol. The molecule has 0 aliphatic carbocycles. The second-order valence-corrected chi connectivity index (χ2v) is 4.72. The van der Waals surface area contributed by atoms with Gasteiger partial charge in [0.2, 0.25) is 0 Å². The summed E-state index contributed by atoms with van der Waals surface area (Å²) in [5.74, 6) is -0.939. The first-order chi connectivity index (χ1) is 8.91. The number of hydrogen-bond donors (Lipinski definition) is 2. The highest BCUT2D eigenvalue weighted by Crippen LogP contribution is 2.37. The number of aliphatic carboxylic acids is 1. The number of nitro benzene ring substituents is 1. The van der Waals surface area contributed by atoms with Crippen molar-refractivity contribution in [3.05, 3.63) is 27.3 Å². The molecule has 1 atom stereocenters. The average Bonchev–Trinajstić information content (AvgIpc) is 2.80. The molecule has 7 nitrogen and oxygen atoms in total. The van der Waals surface area contributed by atoms with Crippen LogP contribution in [0.4, 0.5) is 17.1 Å². The van der Waals surface area contributed by atoms with Gasteiger partial charge in [-0.15, -0.1) is 0 Å². The van der Waals surface area contributed by atoms with Crippen molar-refractivity contribution in [2.24, 2.45) is 0 Å². The van der Waals surface area contributed by atoms with Crippen molar-refractivity contribution in [3.8, 4) is 0 Å². The number of carboxylic acids is 1. The van der Waals surface area contributed by atoms with Crippen molar-refractivity contribution in [2.75, 3.05) is 17.2 Å². The summed E-state index contributed by atoms with van der Waals surface area (Å²) >= 11 is 6.00. The summed E-state index contributed by atoms with van der Waals surface area (Å²) in [5.41, 5.74) is 5.73. The number of nitrogen functional groups attached to an aromatic ring is 1. The molecule has 1 saturated heterocycles. The Hall–Kier alpha value is -2.02. The predicted molar refractivity (Wildman–Crippen MR) is 70.5 cm³/mol. The maximum atomic E-state index is 11.1. The first-order valence-corrected chi connectivity index (χ1v) is 6.02. The largest absolute Gasteiger partial charge is 0.480 e. The minimum atomic E-state index is -0.939. The normalized spacial score (nSPS) is 18.6.